The minimum absolute atomic E-state index is 0.0392. The zero-order valence-corrected chi connectivity index (χ0v) is 15.8. The number of amides is 1. The number of para-hydroxylation sites is 1. The number of nitrogens with zero attached hydrogens (tertiary/aromatic N) is 1. The molecule has 0 saturated carbocycles. The molecule has 0 aliphatic rings. The standard InChI is InChI=1S/C20H19ClN2O5/c1-23(16-5-3-2-4-6-16)18(13-24)28-17(20(26)27)11-12-22-19(25)14-7-9-15(21)10-8-14/h2-10,17H,11-12H2,1H3,(H,22,25)(H,26,27). The summed E-state index contributed by atoms with van der Waals surface area (Å²) in [6.07, 6.45) is -1.37. The molecule has 2 aromatic rings. The normalized spacial score (nSPS) is 11.1. The van der Waals surface area contributed by atoms with Crippen LogP contribution in [0.4, 0.5) is 5.69 Å². The van der Waals surface area contributed by atoms with Gasteiger partial charge in [-0.05, 0) is 36.4 Å². The van der Waals surface area contributed by atoms with Crippen LogP contribution in [0.2, 0.25) is 5.02 Å². The number of ether oxygens (including phenoxy) is 1. The van der Waals surface area contributed by atoms with E-state index in [0.717, 1.165) is 0 Å². The Morgan fingerprint density at radius 3 is 2.39 bits per heavy atom. The van der Waals surface area contributed by atoms with Gasteiger partial charge in [0.2, 0.25) is 0 Å². The van der Waals surface area contributed by atoms with Crippen LogP contribution in [-0.2, 0) is 14.3 Å². The van der Waals surface area contributed by atoms with Crippen molar-refractivity contribution in [2.45, 2.75) is 12.5 Å². The number of carboxylic acids is 1. The number of aliphatic carboxylic acids is 1. The first-order valence-electron chi connectivity index (χ1n) is 8.39. The Kier molecular flexibility index (Phi) is 7.63. The molecule has 1 amide bonds. The van der Waals surface area contributed by atoms with Crippen molar-refractivity contribution >= 4 is 35.1 Å². The van der Waals surface area contributed by atoms with Crippen LogP contribution in [0, 0.1) is 0 Å². The van der Waals surface area contributed by atoms with E-state index in [2.05, 4.69) is 5.32 Å². The van der Waals surface area contributed by atoms with E-state index in [0.29, 0.717) is 16.3 Å². The second-order valence-electron chi connectivity index (χ2n) is 5.80. The topological polar surface area (TPSA) is 95.9 Å². The van der Waals surface area contributed by atoms with Crippen molar-refractivity contribution in [2.75, 3.05) is 18.5 Å². The number of nitrogens with one attached hydrogen (secondary N) is 1. The molecule has 0 saturated heterocycles. The molecule has 0 heterocycles. The van der Waals surface area contributed by atoms with Gasteiger partial charge in [0.15, 0.2) is 12.0 Å². The molecule has 0 aromatic heterocycles. The number of halogens is 1. The zero-order chi connectivity index (χ0) is 20.5. The van der Waals surface area contributed by atoms with Gasteiger partial charge in [0.25, 0.3) is 11.8 Å². The van der Waals surface area contributed by atoms with Crippen molar-refractivity contribution in [2.24, 2.45) is 0 Å². The van der Waals surface area contributed by atoms with Crippen molar-refractivity contribution in [3.63, 3.8) is 0 Å². The van der Waals surface area contributed by atoms with E-state index in [4.69, 9.17) is 16.3 Å². The monoisotopic (exact) mass is 402 g/mol. The number of carbonyl (C=O) groups excluding carboxylic acids is 2. The lowest BCUT2D eigenvalue weighted by atomic mass is 10.2. The highest BCUT2D eigenvalue weighted by molar-refractivity contribution is 6.30. The fraction of sp³-hybridized carbons (Fsp3) is 0.200. The molecule has 1 atom stereocenters. The maximum absolute atomic E-state index is 12.1. The van der Waals surface area contributed by atoms with E-state index < -0.39 is 12.1 Å². The van der Waals surface area contributed by atoms with Gasteiger partial charge in [-0.1, -0.05) is 29.8 Å². The molecule has 8 heteroatoms. The van der Waals surface area contributed by atoms with Gasteiger partial charge < -0.3 is 20.1 Å². The van der Waals surface area contributed by atoms with Gasteiger partial charge in [-0.2, -0.15) is 0 Å². The van der Waals surface area contributed by atoms with Gasteiger partial charge >= 0.3 is 5.97 Å². The molecule has 0 spiro atoms. The predicted octanol–water partition coefficient (Wildman–Crippen LogP) is 2.74. The van der Waals surface area contributed by atoms with Crippen molar-refractivity contribution in [3.8, 4) is 0 Å². The van der Waals surface area contributed by atoms with E-state index in [1.165, 1.54) is 4.90 Å². The first-order valence-corrected chi connectivity index (χ1v) is 8.77. The van der Waals surface area contributed by atoms with E-state index in [-0.39, 0.29) is 24.8 Å². The molecular formula is C20H19ClN2O5. The molecule has 2 rings (SSSR count). The van der Waals surface area contributed by atoms with Crippen LogP contribution in [0.1, 0.15) is 16.8 Å². The number of hydrogen-bond donors (Lipinski definition) is 2. The molecule has 146 valence electrons. The lowest BCUT2D eigenvalue weighted by Crippen LogP contribution is -2.34. The predicted molar refractivity (Wildman–Crippen MR) is 105 cm³/mol. The van der Waals surface area contributed by atoms with E-state index in [1.54, 1.807) is 61.5 Å². The van der Waals surface area contributed by atoms with E-state index in [9.17, 15) is 19.5 Å². The lowest BCUT2D eigenvalue weighted by molar-refractivity contribution is -0.148. The summed E-state index contributed by atoms with van der Waals surface area (Å²) in [5.74, 6) is -0.260. The lowest BCUT2D eigenvalue weighted by Gasteiger charge is -2.23. The molecule has 0 bridgehead atoms. The van der Waals surface area contributed by atoms with Crippen molar-refractivity contribution in [1.82, 2.24) is 5.32 Å². The summed E-state index contributed by atoms with van der Waals surface area (Å²) in [5, 5.41) is 12.5. The van der Waals surface area contributed by atoms with Crippen LogP contribution in [-0.4, -0.2) is 42.6 Å². The Morgan fingerprint density at radius 1 is 1.18 bits per heavy atom. The van der Waals surface area contributed by atoms with Crippen LogP contribution in [0.5, 0.6) is 0 Å². The van der Waals surface area contributed by atoms with E-state index >= 15 is 0 Å². The first kappa shape index (κ1) is 21.0. The average molecular weight is 403 g/mol. The Labute approximate surface area is 167 Å². The summed E-state index contributed by atoms with van der Waals surface area (Å²) in [6.45, 7) is 0.0413. The minimum Gasteiger partial charge on any atom is -0.479 e. The average Bonchev–Trinajstić information content (AvgIpc) is 2.71. The number of carbonyl (C=O) groups is 2. The molecular weight excluding hydrogens is 384 g/mol. The maximum atomic E-state index is 12.1. The van der Waals surface area contributed by atoms with Gasteiger partial charge in [0, 0.05) is 36.3 Å². The third-order valence-electron chi connectivity index (χ3n) is 3.86. The van der Waals surface area contributed by atoms with Crippen LogP contribution in [0.3, 0.4) is 0 Å². The number of rotatable bonds is 9. The quantitative estimate of drug-likeness (QED) is 0.494. The number of anilines is 1. The highest BCUT2D eigenvalue weighted by atomic mass is 35.5. The minimum atomic E-state index is -1.33. The van der Waals surface area contributed by atoms with Crippen LogP contribution < -0.4 is 10.2 Å². The van der Waals surface area contributed by atoms with Crippen LogP contribution in [0.25, 0.3) is 0 Å². The van der Waals surface area contributed by atoms with Gasteiger partial charge in [0.1, 0.15) is 0 Å². The smallest absolute Gasteiger partial charge is 0.345 e. The molecule has 0 aliphatic carbocycles. The van der Waals surface area contributed by atoms with Gasteiger partial charge in [-0.15, -0.1) is 0 Å². The summed E-state index contributed by atoms with van der Waals surface area (Å²) in [5.41, 5.74) is 1.04. The molecule has 0 fully saturated rings. The molecule has 2 N–H and O–H groups in total. The van der Waals surface area contributed by atoms with E-state index in [1.807, 2.05) is 6.07 Å². The molecule has 1 unspecified atom stereocenters. The fourth-order valence-electron chi connectivity index (χ4n) is 2.33. The summed E-state index contributed by atoms with van der Waals surface area (Å²) in [7, 11) is 1.57. The Morgan fingerprint density at radius 2 is 1.82 bits per heavy atom. The largest absolute Gasteiger partial charge is 0.479 e. The summed E-state index contributed by atoms with van der Waals surface area (Å²) < 4.78 is 5.33. The summed E-state index contributed by atoms with van der Waals surface area (Å²) in [6, 6.07) is 15.1. The third-order valence-corrected chi connectivity index (χ3v) is 4.12. The number of carboxylic acid groups (broad SMARTS) is 1. The third kappa shape index (κ3) is 5.87. The molecule has 0 radical (unpaired) electrons. The number of benzene rings is 2. The fourth-order valence-corrected chi connectivity index (χ4v) is 2.45. The Balaban J connectivity index is 1.95. The first-order chi connectivity index (χ1) is 13.4. The molecule has 7 nitrogen and oxygen atoms in total. The molecule has 28 heavy (non-hydrogen) atoms. The van der Waals surface area contributed by atoms with Gasteiger partial charge in [-0.3, -0.25) is 4.79 Å². The van der Waals surface area contributed by atoms with Gasteiger partial charge in [-0.25, -0.2) is 9.59 Å². The highest BCUT2D eigenvalue weighted by Gasteiger charge is 2.23. The van der Waals surface area contributed by atoms with Crippen molar-refractivity contribution < 1.29 is 24.2 Å². The molecule has 2 aromatic carbocycles. The molecule has 0 aliphatic heterocycles. The van der Waals surface area contributed by atoms with Crippen LogP contribution >= 0.6 is 11.6 Å². The van der Waals surface area contributed by atoms with Crippen molar-refractivity contribution in [3.05, 3.63) is 71.1 Å². The van der Waals surface area contributed by atoms with Crippen LogP contribution in [0.15, 0.2) is 60.5 Å². The Bertz CT molecular complexity index is 864. The van der Waals surface area contributed by atoms with Gasteiger partial charge in [0.05, 0.1) is 0 Å². The van der Waals surface area contributed by atoms with Crippen molar-refractivity contribution in [1.29, 1.82) is 0 Å². The second kappa shape index (κ2) is 10.2. The number of hydrogen-bond acceptors (Lipinski definition) is 5. The maximum Gasteiger partial charge on any atom is 0.345 e. The summed E-state index contributed by atoms with van der Waals surface area (Å²) >= 11 is 5.78. The zero-order valence-electron chi connectivity index (χ0n) is 15.1. The second-order valence-corrected chi connectivity index (χ2v) is 6.23. The Hall–Kier alpha value is -3.28. The summed E-state index contributed by atoms with van der Waals surface area (Å²) in [4.78, 5) is 36.2. The SMILES string of the molecule is CN(C(=C=O)OC(CCNC(=O)c1ccc(Cl)cc1)C(=O)O)c1ccccc1. The highest BCUT2D eigenvalue weighted by Crippen LogP contribution is 2.17.